The zero-order chi connectivity index (χ0) is 8.27. The molecule has 0 aromatic carbocycles. The molecule has 1 rings (SSSR count). The normalized spacial score (nSPS) is 12.1. The highest BCUT2D eigenvalue weighted by Gasteiger charge is 2.01. The minimum atomic E-state index is -0.335. The van der Waals surface area contributed by atoms with E-state index in [1.807, 2.05) is 6.92 Å². The van der Waals surface area contributed by atoms with Gasteiger partial charge in [0.1, 0.15) is 5.82 Å². The summed E-state index contributed by atoms with van der Waals surface area (Å²) in [6, 6.07) is 2.95. The lowest BCUT2D eigenvalue weighted by Crippen LogP contribution is -1.93. The number of pyridine rings is 1. The Morgan fingerprint density at radius 2 is 2.36 bits per heavy atom. The molecule has 1 aromatic heterocycles. The fourth-order valence-electron chi connectivity index (χ4n) is 0.729. The Labute approximate surface area is 65.3 Å². The molecule has 2 heteroatoms. The van der Waals surface area contributed by atoms with Crippen LogP contribution in [0.1, 0.15) is 18.5 Å². The molecule has 0 bridgehead atoms. The minimum Gasteiger partial charge on any atom is -0.257 e. The lowest BCUT2D eigenvalue weighted by atomic mass is 10.1. The van der Waals surface area contributed by atoms with Gasteiger partial charge in [0.2, 0.25) is 0 Å². The fraction of sp³-hybridized carbons (Fsp3) is 0.222. The van der Waals surface area contributed by atoms with E-state index in [-0.39, 0.29) is 11.7 Å². The van der Waals surface area contributed by atoms with Gasteiger partial charge in [-0.15, -0.1) is 6.42 Å². The van der Waals surface area contributed by atoms with E-state index in [2.05, 4.69) is 10.9 Å². The summed E-state index contributed by atoms with van der Waals surface area (Å²) in [6.45, 7) is 1.85. The number of rotatable bonds is 1. The highest BCUT2D eigenvalue weighted by molar-refractivity contribution is 5.17. The van der Waals surface area contributed by atoms with Crippen molar-refractivity contribution in [3.8, 4) is 12.3 Å². The Bertz CT molecular complexity index is 271. The first-order valence-corrected chi connectivity index (χ1v) is 3.31. The Morgan fingerprint density at radius 1 is 1.64 bits per heavy atom. The van der Waals surface area contributed by atoms with Crippen molar-refractivity contribution in [2.45, 2.75) is 12.8 Å². The number of hydrogen-bond donors (Lipinski definition) is 0. The molecule has 1 atom stereocenters. The fourth-order valence-corrected chi connectivity index (χ4v) is 0.729. The molecule has 1 aromatic rings. The maximum absolute atomic E-state index is 12.3. The molecule has 0 N–H and O–H groups in total. The number of nitrogens with zero attached hydrogens (tertiary/aromatic N) is 1. The SMILES string of the molecule is C#CC(C)c1ccc(F)cn1. The van der Waals surface area contributed by atoms with Gasteiger partial charge < -0.3 is 0 Å². The van der Waals surface area contributed by atoms with Gasteiger partial charge in [-0.05, 0) is 19.1 Å². The van der Waals surface area contributed by atoms with Crippen LogP contribution in [0.2, 0.25) is 0 Å². The molecule has 0 fully saturated rings. The van der Waals surface area contributed by atoms with Gasteiger partial charge in [0.05, 0.1) is 17.8 Å². The molecular weight excluding hydrogens is 141 g/mol. The standard InChI is InChI=1S/C9H8FN/c1-3-7(2)9-5-4-8(10)6-11-9/h1,4-7H,2H3. The molecule has 11 heavy (non-hydrogen) atoms. The average Bonchev–Trinajstić information content (AvgIpc) is 2.05. The molecule has 1 heterocycles. The van der Waals surface area contributed by atoms with E-state index in [9.17, 15) is 4.39 Å². The van der Waals surface area contributed by atoms with Crippen LogP contribution in [0, 0.1) is 18.2 Å². The lowest BCUT2D eigenvalue weighted by Gasteiger charge is -2.00. The maximum Gasteiger partial charge on any atom is 0.141 e. The van der Waals surface area contributed by atoms with E-state index in [1.165, 1.54) is 12.3 Å². The first kappa shape index (κ1) is 7.74. The van der Waals surface area contributed by atoms with E-state index in [4.69, 9.17) is 6.42 Å². The number of hydrogen-bond acceptors (Lipinski definition) is 1. The molecule has 0 aliphatic heterocycles. The zero-order valence-electron chi connectivity index (χ0n) is 6.21. The van der Waals surface area contributed by atoms with Gasteiger partial charge in [-0.25, -0.2) is 4.39 Å². The number of terminal acetylenes is 1. The van der Waals surface area contributed by atoms with Gasteiger partial charge >= 0.3 is 0 Å². The molecule has 0 radical (unpaired) electrons. The van der Waals surface area contributed by atoms with Gasteiger partial charge in [0.15, 0.2) is 0 Å². The Hall–Kier alpha value is -1.36. The van der Waals surface area contributed by atoms with Crippen LogP contribution < -0.4 is 0 Å². The summed E-state index contributed by atoms with van der Waals surface area (Å²) >= 11 is 0. The van der Waals surface area contributed by atoms with E-state index >= 15 is 0 Å². The van der Waals surface area contributed by atoms with Gasteiger partial charge in [-0.1, -0.05) is 5.92 Å². The van der Waals surface area contributed by atoms with Crippen molar-refractivity contribution < 1.29 is 4.39 Å². The first-order chi connectivity index (χ1) is 5.24. The second-order valence-electron chi connectivity index (χ2n) is 2.29. The third-order valence-electron chi connectivity index (χ3n) is 1.44. The molecular formula is C9H8FN. The summed E-state index contributed by atoms with van der Waals surface area (Å²) in [7, 11) is 0. The van der Waals surface area contributed by atoms with E-state index in [1.54, 1.807) is 6.07 Å². The van der Waals surface area contributed by atoms with Crippen molar-refractivity contribution in [2.75, 3.05) is 0 Å². The summed E-state index contributed by atoms with van der Waals surface area (Å²) in [4.78, 5) is 3.83. The second kappa shape index (κ2) is 3.16. The zero-order valence-corrected chi connectivity index (χ0v) is 6.21. The van der Waals surface area contributed by atoms with Crippen molar-refractivity contribution in [1.82, 2.24) is 4.98 Å². The molecule has 0 spiro atoms. The first-order valence-electron chi connectivity index (χ1n) is 3.31. The van der Waals surface area contributed by atoms with Crippen LogP contribution in [-0.4, -0.2) is 4.98 Å². The predicted octanol–water partition coefficient (Wildman–Crippen LogP) is 1.96. The molecule has 0 saturated carbocycles. The predicted molar refractivity (Wildman–Crippen MR) is 41.4 cm³/mol. The summed E-state index contributed by atoms with van der Waals surface area (Å²) in [5.41, 5.74) is 0.730. The van der Waals surface area contributed by atoms with Crippen LogP contribution >= 0.6 is 0 Å². The van der Waals surface area contributed by atoms with Crippen LogP contribution in [0.5, 0.6) is 0 Å². The highest BCUT2D eigenvalue weighted by Crippen LogP contribution is 2.10. The molecule has 0 aliphatic rings. The van der Waals surface area contributed by atoms with Gasteiger partial charge in [0, 0.05) is 0 Å². The quantitative estimate of drug-likeness (QED) is 0.556. The van der Waals surface area contributed by atoms with Crippen LogP contribution in [0.25, 0.3) is 0 Å². The molecule has 0 aliphatic carbocycles. The minimum absolute atomic E-state index is 0.0457. The number of halogens is 1. The molecule has 0 amide bonds. The Morgan fingerprint density at radius 3 is 2.82 bits per heavy atom. The smallest absolute Gasteiger partial charge is 0.141 e. The van der Waals surface area contributed by atoms with Crippen molar-refractivity contribution in [3.63, 3.8) is 0 Å². The van der Waals surface area contributed by atoms with Crippen molar-refractivity contribution >= 4 is 0 Å². The average molecular weight is 149 g/mol. The summed E-state index contributed by atoms with van der Waals surface area (Å²) in [6.07, 6.45) is 6.33. The monoisotopic (exact) mass is 149 g/mol. The van der Waals surface area contributed by atoms with E-state index in [0.717, 1.165) is 5.69 Å². The molecule has 1 unspecified atom stereocenters. The summed E-state index contributed by atoms with van der Waals surface area (Å²) in [5, 5.41) is 0. The van der Waals surface area contributed by atoms with Crippen molar-refractivity contribution in [2.24, 2.45) is 0 Å². The lowest BCUT2D eigenvalue weighted by molar-refractivity contribution is 0.618. The largest absolute Gasteiger partial charge is 0.257 e. The van der Waals surface area contributed by atoms with Gasteiger partial charge in [-0.2, -0.15) is 0 Å². The third-order valence-corrected chi connectivity index (χ3v) is 1.44. The van der Waals surface area contributed by atoms with Gasteiger partial charge in [0.25, 0.3) is 0 Å². The van der Waals surface area contributed by atoms with Crippen molar-refractivity contribution in [1.29, 1.82) is 0 Å². The number of aromatic nitrogens is 1. The maximum atomic E-state index is 12.3. The van der Waals surface area contributed by atoms with Crippen LogP contribution in [-0.2, 0) is 0 Å². The van der Waals surface area contributed by atoms with Crippen LogP contribution in [0.15, 0.2) is 18.3 Å². The summed E-state index contributed by atoms with van der Waals surface area (Å²) in [5.74, 6) is 2.13. The molecule has 0 saturated heterocycles. The highest BCUT2D eigenvalue weighted by atomic mass is 19.1. The second-order valence-corrected chi connectivity index (χ2v) is 2.29. The third kappa shape index (κ3) is 1.78. The summed E-state index contributed by atoms with van der Waals surface area (Å²) < 4.78 is 12.3. The van der Waals surface area contributed by atoms with Crippen molar-refractivity contribution in [3.05, 3.63) is 29.8 Å². The van der Waals surface area contributed by atoms with E-state index < -0.39 is 0 Å². The van der Waals surface area contributed by atoms with E-state index in [0.29, 0.717) is 0 Å². The van der Waals surface area contributed by atoms with Crippen LogP contribution in [0.3, 0.4) is 0 Å². The molecule has 1 nitrogen and oxygen atoms in total. The topological polar surface area (TPSA) is 12.9 Å². The van der Waals surface area contributed by atoms with Gasteiger partial charge in [-0.3, -0.25) is 4.98 Å². The van der Waals surface area contributed by atoms with Crippen LogP contribution in [0.4, 0.5) is 4.39 Å². The Kier molecular flexibility index (Phi) is 2.22. The molecule has 56 valence electrons. The Balaban J connectivity index is 2.92.